The molecule has 1 saturated carbocycles. The Kier molecular flexibility index (Phi) is 5.80. The molecule has 7 rings (SSSR count). The predicted octanol–water partition coefficient (Wildman–Crippen LogP) is 3.29. The van der Waals surface area contributed by atoms with Crippen LogP contribution in [0.1, 0.15) is 76.1 Å². The molecule has 2 fully saturated rings. The Morgan fingerprint density at radius 3 is 2.68 bits per heavy atom. The molecule has 1 spiro atoms. The van der Waals surface area contributed by atoms with E-state index >= 15 is 0 Å². The number of nitrogens with one attached hydrogen (secondary N) is 1. The van der Waals surface area contributed by atoms with Gasteiger partial charge in [0.15, 0.2) is 5.78 Å². The molecule has 0 unspecified atom stereocenters. The Morgan fingerprint density at radius 1 is 1.20 bits per heavy atom. The molecular formula is C29H29N7O5. The second kappa shape index (κ2) is 9.43. The van der Waals surface area contributed by atoms with Gasteiger partial charge in [0.05, 0.1) is 35.1 Å². The second-order valence-electron chi connectivity index (χ2n) is 11.0. The lowest BCUT2D eigenvalue weighted by Gasteiger charge is -2.44. The van der Waals surface area contributed by atoms with Gasteiger partial charge in [0.2, 0.25) is 5.82 Å². The fraction of sp³-hybridized carbons (Fsp3) is 0.379. The van der Waals surface area contributed by atoms with E-state index in [9.17, 15) is 14.4 Å². The Balaban J connectivity index is 1.13. The molecule has 2 aromatic heterocycles. The highest BCUT2D eigenvalue weighted by Gasteiger charge is 2.44. The molecule has 2 aliphatic heterocycles. The van der Waals surface area contributed by atoms with Gasteiger partial charge in [0.1, 0.15) is 17.1 Å². The van der Waals surface area contributed by atoms with Crippen molar-refractivity contribution in [3.63, 3.8) is 0 Å². The zero-order valence-electron chi connectivity index (χ0n) is 22.6. The third-order valence-corrected chi connectivity index (χ3v) is 8.30. The number of H-pyrrole nitrogens is 1. The van der Waals surface area contributed by atoms with E-state index in [1.807, 2.05) is 23.6 Å². The fourth-order valence-electron chi connectivity index (χ4n) is 6.08. The van der Waals surface area contributed by atoms with E-state index in [-0.39, 0.29) is 24.2 Å². The van der Waals surface area contributed by atoms with Gasteiger partial charge in [-0.15, -0.1) is 10.2 Å². The van der Waals surface area contributed by atoms with Crippen molar-refractivity contribution in [1.29, 1.82) is 0 Å². The van der Waals surface area contributed by atoms with E-state index in [0.29, 0.717) is 77.5 Å². The van der Waals surface area contributed by atoms with E-state index in [1.165, 1.54) is 0 Å². The molecule has 12 nitrogen and oxygen atoms in total. The molecule has 41 heavy (non-hydrogen) atoms. The lowest BCUT2D eigenvalue weighted by atomic mass is 9.82. The number of tetrazole rings is 1. The van der Waals surface area contributed by atoms with Gasteiger partial charge in [0, 0.05) is 49.3 Å². The molecule has 1 aliphatic carbocycles. The summed E-state index contributed by atoms with van der Waals surface area (Å²) in [4.78, 5) is 41.0. The van der Waals surface area contributed by atoms with E-state index in [2.05, 4.69) is 20.6 Å². The van der Waals surface area contributed by atoms with Gasteiger partial charge in [-0.3, -0.25) is 14.4 Å². The molecule has 4 aromatic rings. The van der Waals surface area contributed by atoms with Crippen LogP contribution in [0.2, 0.25) is 0 Å². The predicted molar refractivity (Wildman–Crippen MR) is 147 cm³/mol. The summed E-state index contributed by atoms with van der Waals surface area (Å²) in [5.74, 6) is 0.770. The lowest BCUT2D eigenvalue weighted by Crippen LogP contribution is -2.52. The molecule has 0 bridgehead atoms. The first-order valence-electron chi connectivity index (χ1n) is 13.9. The number of nitrogens with two attached hydrogens (primary N) is 1. The van der Waals surface area contributed by atoms with Crippen LogP contribution in [-0.4, -0.2) is 73.0 Å². The van der Waals surface area contributed by atoms with Crippen LogP contribution < -0.4 is 15.2 Å². The highest BCUT2D eigenvalue weighted by Crippen LogP contribution is 2.43. The number of ketones is 1. The molecule has 210 valence electrons. The summed E-state index contributed by atoms with van der Waals surface area (Å²) in [7, 11) is 0. The van der Waals surface area contributed by atoms with Crippen LogP contribution in [0.4, 0.5) is 0 Å². The highest BCUT2D eigenvalue weighted by atomic mass is 16.5. The first-order chi connectivity index (χ1) is 19.9. The first-order valence-corrected chi connectivity index (χ1v) is 13.9. The van der Waals surface area contributed by atoms with Gasteiger partial charge < -0.3 is 24.7 Å². The molecule has 4 heterocycles. The average molecular weight is 556 g/mol. The van der Waals surface area contributed by atoms with E-state index in [4.69, 9.17) is 15.2 Å². The summed E-state index contributed by atoms with van der Waals surface area (Å²) in [6, 6.07) is 9.15. The van der Waals surface area contributed by atoms with Crippen LogP contribution in [0.25, 0.3) is 22.3 Å². The molecule has 12 heteroatoms. The number of nitrogens with zero attached hydrogens (tertiary/aromatic N) is 5. The lowest BCUT2D eigenvalue weighted by molar-refractivity contribution is -0.00571. The first kappa shape index (κ1) is 25.2. The van der Waals surface area contributed by atoms with Crippen molar-refractivity contribution < 1.29 is 23.9 Å². The minimum Gasteiger partial charge on any atom is -0.493 e. The fourth-order valence-corrected chi connectivity index (χ4v) is 6.08. The van der Waals surface area contributed by atoms with Crippen LogP contribution in [0.3, 0.4) is 0 Å². The van der Waals surface area contributed by atoms with Gasteiger partial charge in [-0.1, -0.05) is 0 Å². The molecule has 2 amide bonds. The van der Waals surface area contributed by atoms with Gasteiger partial charge in [-0.05, 0) is 55.3 Å². The number of hydrogen-bond donors (Lipinski definition) is 2. The van der Waals surface area contributed by atoms with Crippen LogP contribution in [0.5, 0.6) is 11.5 Å². The molecule has 0 atom stereocenters. The normalized spacial score (nSPS) is 17.9. The SMILES string of the molecule is CCOc1cc(C(=O)N2CCC3(CC2)CC(=O)c2cc(-c4nn[nH]n4)ccc2O3)cc2c1c(C(N)=O)cn2C1CC1. The van der Waals surface area contributed by atoms with Crippen molar-refractivity contribution in [1.82, 2.24) is 30.1 Å². The molecule has 1 saturated heterocycles. The number of aromatic nitrogens is 5. The standard InChI is InChI=1S/C29H29N7O5/c1-2-40-24-13-17(12-21-25(24)20(26(30)38)15-36(21)18-4-5-18)28(39)35-9-7-29(8-10-35)14-22(37)19-11-16(3-6-23(19)41-29)27-31-33-34-32-27/h3,6,11-13,15,18H,2,4-5,7-10,14H2,1H3,(H2,30,38)(H,31,32,33,34). The Hall–Kier alpha value is -4.74. The number of hydrogen-bond acceptors (Lipinski definition) is 8. The van der Waals surface area contributed by atoms with Crippen molar-refractivity contribution in [2.45, 2.75) is 50.7 Å². The van der Waals surface area contributed by atoms with E-state index in [1.54, 1.807) is 29.3 Å². The number of benzene rings is 2. The summed E-state index contributed by atoms with van der Waals surface area (Å²) in [5.41, 5.74) is 7.90. The van der Waals surface area contributed by atoms with Crippen LogP contribution in [0.15, 0.2) is 36.5 Å². The van der Waals surface area contributed by atoms with Crippen LogP contribution >= 0.6 is 0 Å². The molecule has 2 aromatic carbocycles. The number of Topliss-reactive ketones (excluding diaryl/α,β-unsaturated/α-hetero) is 1. The highest BCUT2D eigenvalue weighted by molar-refractivity contribution is 6.11. The summed E-state index contributed by atoms with van der Waals surface area (Å²) < 4.78 is 14.4. The maximum Gasteiger partial charge on any atom is 0.254 e. The number of amides is 2. The summed E-state index contributed by atoms with van der Waals surface area (Å²) in [6.45, 7) is 3.14. The van der Waals surface area contributed by atoms with Crippen molar-refractivity contribution in [3.05, 3.63) is 53.2 Å². The number of carbonyl (C=O) groups excluding carboxylic acids is 3. The third-order valence-electron chi connectivity index (χ3n) is 8.30. The molecular weight excluding hydrogens is 526 g/mol. The van der Waals surface area contributed by atoms with Crippen molar-refractivity contribution in [2.24, 2.45) is 5.73 Å². The summed E-state index contributed by atoms with van der Waals surface area (Å²) in [6.07, 6.45) is 5.11. The Labute approximate surface area is 234 Å². The number of ether oxygens (including phenoxy) is 2. The second-order valence-corrected chi connectivity index (χ2v) is 11.0. The molecule has 0 radical (unpaired) electrons. The number of carbonyl (C=O) groups is 3. The average Bonchev–Trinajstić information content (AvgIpc) is 3.50. The Morgan fingerprint density at radius 2 is 2.00 bits per heavy atom. The zero-order valence-corrected chi connectivity index (χ0v) is 22.6. The van der Waals surface area contributed by atoms with Gasteiger partial charge in [0.25, 0.3) is 11.8 Å². The number of rotatable bonds is 6. The van der Waals surface area contributed by atoms with Gasteiger partial charge in [-0.2, -0.15) is 5.21 Å². The quantitative estimate of drug-likeness (QED) is 0.367. The van der Waals surface area contributed by atoms with Crippen LogP contribution in [0, 0.1) is 0 Å². The number of piperidine rings is 1. The smallest absolute Gasteiger partial charge is 0.254 e. The minimum atomic E-state index is -0.661. The molecule has 3 aliphatic rings. The maximum atomic E-state index is 13.8. The molecule has 3 N–H and O–H groups in total. The summed E-state index contributed by atoms with van der Waals surface area (Å²) in [5, 5.41) is 14.6. The number of aromatic amines is 1. The number of primary amides is 1. The van der Waals surface area contributed by atoms with E-state index in [0.717, 1.165) is 18.4 Å². The van der Waals surface area contributed by atoms with Crippen molar-refractivity contribution in [3.8, 4) is 22.9 Å². The van der Waals surface area contributed by atoms with Gasteiger partial charge in [-0.25, -0.2) is 0 Å². The Bertz CT molecular complexity index is 1700. The number of likely N-dealkylation sites (tertiary alicyclic amines) is 1. The third kappa shape index (κ3) is 4.30. The van der Waals surface area contributed by atoms with Gasteiger partial charge >= 0.3 is 0 Å². The van der Waals surface area contributed by atoms with Crippen molar-refractivity contribution in [2.75, 3.05) is 19.7 Å². The van der Waals surface area contributed by atoms with Crippen LogP contribution in [-0.2, 0) is 0 Å². The maximum absolute atomic E-state index is 13.8. The summed E-state index contributed by atoms with van der Waals surface area (Å²) >= 11 is 0. The minimum absolute atomic E-state index is 0.00530. The zero-order chi connectivity index (χ0) is 28.3. The largest absolute Gasteiger partial charge is 0.493 e. The van der Waals surface area contributed by atoms with Crippen molar-refractivity contribution >= 4 is 28.5 Å². The van der Waals surface area contributed by atoms with E-state index < -0.39 is 11.5 Å². The number of fused-ring (bicyclic) bond motifs is 2. The topological polar surface area (TPSA) is 158 Å². The monoisotopic (exact) mass is 555 g/mol.